The first-order valence-electron chi connectivity index (χ1n) is 7.03. The first-order valence-corrected chi connectivity index (χ1v) is 7.03. The minimum Gasteiger partial charge on any atom is -0.464 e. The molecule has 0 saturated heterocycles. The maximum absolute atomic E-state index is 11.8. The summed E-state index contributed by atoms with van der Waals surface area (Å²) < 4.78 is 6.62. The minimum atomic E-state index is -0.346. The number of allylic oxidation sites excluding steroid dienone is 2. The van der Waals surface area contributed by atoms with E-state index < -0.39 is 0 Å². The largest absolute Gasteiger partial charge is 0.464 e. The Morgan fingerprint density at radius 3 is 2.73 bits per heavy atom. The summed E-state index contributed by atoms with van der Waals surface area (Å²) in [6.45, 7) is 7.90. The standard InChI is InChI=1S/C18H20N2O2/c1-6-7-12(2)19-13(3)14-8-9-16-15(10-14)11-17(20(16)4)18(21)22-5/h6-11H,3H2,1-2,4-5H3/b7-6-,19-12?. The quantitative estimate of drug-likeness (QED) is 0.633. The van der Waals surface area contributed by atoms with Gasteiger partial charge in [-0.25, -0.2) is 4.79 Å². The van der Waals surface area contributed by atoms with Gasteiger partial charge < -0.3 is 9.30 Å². The first-order chi connectivity index (χ1) is 10.5. The average molecular weight is 296 g/mol. The average Bonchev–Trinajstić information content (AvgIpc) is 2.83. The van der Waals surface area contributed by atoms with Crippen LogP contribution >= 0.6 is 0 Å². The van der Waals surface area contributed by atoms with Crippen molar-refractivity contribution >= 4 is 28.3 Å². The van der Waals surface area contributed by atoms with Gasteiger partial charge >= 0.3 is 5.97 Å². The molecule has 0 fully saturated rings. The van der Waals surface area contributed by atoms with E-state index in [1.807, 2.05) is 61.9 Å². The number of esters is 1. The van der Waals surface area contributed by atoms with Crippen LogP contribution in [0.4, 0.5) is 0 Å². The molecule has 2 rings (SSSR count). The predicted octanol–water partition coefficient (Wildman–Crippen LogP) is 3.97. The van der Waals surface area contributed by atoms with Crippen molar-refractivity contribution < 1.29 is 9.53 Å². The maximum Gasteiger partial charge on any atom is 0.354 e. The molecule has 0 bridgehead atoms. The molecule has 0 aliphatic heterocycles. The number of rotatable bonds is 4. The molecule has 22 heavy (non-hydrogen) atoms. The molecule has 4 nitrogen and oxygen atoms in total. The second kappa shape index (κ2) is 6.43. The van der Waals surface area contributed by atoms with Crippen LogP contribution in [0.5, 0.6) is 0 Å². The van der Waals surface area contributed by atoms with Gasteiger partial charge in [-0.2, -0.15) is 0 Å². The summed E-state index contributed by atoms with van der Waals surface area (Å²) in [7, 11) is 3.23. The fourth-order valence-electron chi connectivity index (χ4n) is 2.39. The lowest BCUT2D eigenvalue weighted by Crippen LogP contribution is -2.06. The number of fused-ring (bicyclic) bond motifs is 1. The Labute approximate surface area is 130 Å². The zero-order chi connectivity index (χ0) is 16.3. The highest BCUT2D eigenvalue weighted by molar-refractivity contribution is 5.98. The molecule has 2 aromatic rings. The number of carbonyl (C=O) groups excluding carboxylic acids is 1. The molecule has 0 atom stereocenters. The Bertz CT molecular complexity index is 795. The number of hydrogen-bond donors (Lipinski definition) is 0. The summed E-state index contributed by atoms with van der Waals surface area (Å²) in [5.74, 6) is -0.346. The van der Waals surface area contributed by atoms with Gasteiger partial charge in [0.05, 0.1) is 12.8 Å². The van der Waals surface area contributed by atoms with Gasteiger partial charge in [-0.05, 0) is 38.1 Å². The number of benzene rings is 1. The predicted molar refractivity (Wildman–Crippen MR) is 91.2 cm³/mol. The zero-order valence-electron chi connectivity index (χ0n) is 13.4. The number of carbonyl (C=O) groups is 1. The van der Waals surface area contributed by atoms with E-state index in [0.29, 0.717) is 11.4 Å². The zero-order valence-corrected chi connectivity index (χ0v) is 13.4. The Morgan fingerprint density at radius 2 is 2.09 bits per heavy atom. The van der Waals surface area contributed by atoms with Crippen LogP contribution in [0.2, 0.25) is 0 Å². The lowest BCUT2D eigenvalue weighted by molar-refractivity contribution is 0.0590. The van der Waals surface area contributed by atoms with Crippen LogP contribution in [-0.2, 0) is 11.8 Å². The van der Waals surface area contributed by atoms with E-state index in [9.17, 15) is 4.79 Å². The highest BCUT2D eigenvalue weighted by atomic mass is 16.5. The van der Waals surface area contributed by atoms with Gasteiger partial charge in [0.2, 0.25) is 0 Å². The number of ether oxygens (including phenoxy) is 1. The molecule has 0 aliphatic carbocycles. The van der Waals surface area contributed by atoms with Crippen molar-refractivity contribution in [3.8, 4) is 0 Å². The lowest BCUT2D eigenvalue weighted by Gasteiger charge is -2.04. The molecule has 114 valence electrons. The third kappa shape index (κ3) is 3.01. The second-order valence-electron chi connectivity index (χ2n) is 5.05. The molecule has 0 spiro atoms. The van der Waals surface area contributed by atoms with Gasteiger partial charge in [0.15, 0.2) is 0 Å². The molecule has 0 N–H and O–H groups in total. The van der Waals surface area contributed by atoms with Crippen molar-refractivity contribution in [2.75, 3.05) is 7.11 Å². The van der Waals surface area contributed by atoms with Crippen molar-refractivity contribution in [1.82, 2.24) is 4.57 Å². The number of hydrogen-bond acceptors (Lipinski definition) is 3. The van der Waals surface area contributed by atoms with E-state index in [2.05, 4.69) is 11.6 Å². The summed E-state index contributed by atoms with van der Waals surface area (Å²) in [6, 6.07) is 7.72. The van der Waals surface area contributed by atoms with E-state index in [4.69, 9.17) is 4.74 Å². The van der Waals surface area contributed by atoms with E-state index in [-0.39, 0.29) is 5.97 Å². The molecular formula is C18H20N2O2. The topological polar surface area (TPSA) is 43.6 Å². The molecule has 0 radical (unpaired) electrons. The van der Waals surface area contributed by atoms with Crippen LogP contribution in [0.3, 0.4) is 0 Å². The number of aliphatic imine (C=N–C) groups is 1. The molecule has 0 unspecified atom stereocenters. The van der Waals surface area contributed by atoms with Crippen LogP contribution < -0.4 is 0 Å². The van der Waals surface area contributed by atoms with Crippen molar-refractivity contribution in [3.63, 3.8) is 0 Å². The van der Waals surface area contributed by atoms with Gasteiger partial charge in [-0.1, -0.05) is 18.7 Å². The van der Waals surface area contributed by atoms with Crippen LogP contribution in [0.1, 0.15) is 29.9 Å². The van der Waals surface area contributed by atoms with Crippen molar-refractivity contribution in [1.29, 1.82) is 0 Å². The molecular weight excluding hydrogens is 276 g/mol. The summed E-state index contributed by atoms with van der Waals surface area (Å²) in [5, 5.41) is 0.959. The molecule has 1 aromatic heterocycles. The normalized spacial score (nSPS) is 12.1. The summed E-state index contributed by atoms with van der Waals surface area (Å²) in [6.07, 6.45) is 3.87. The van der Waals surface area contributed by atoms with Crippen molar-refractivity contribution in [3.05, 3.63) is 54.3 Å². The van der Waals surface area contributed by atoms with Gasteiger partial charge in [0.1, 0.15) is 5.69 Å². The monoisotopic (exact) mass is 296 g/mol. The Kier molecular flexibility index (Phi) is 4.61. The van der Waals surface area contributed by atoms with E-state index in [1.54, 1.807) is 0 Å². The van der Waals surface area contributed by atoms with Crippen LogP contribution in [-0.4, -0.2) is 23.4 Å². The molecule has 0 saturated carbocycles. The van der Waals surface area contributed by atoms with Crippen molar-refractivity contribution in [2.45, 2.75) is 13.8 Å². The number of methoxy groups -OCH3 is 1. The lowest BCUT2D eigenvalue weighted by atomic mass is 10.1. The fraction of sp³-hybridized carbons (Fsp3) is 0.222. The molecule has 0 amide bonds. The molecule has 4 heteroatoms. The minimum absolute atomic E-state index is 0.346. The highest BCUT2D eigenvalue weighted by Crippen LogP contribution is 2.24. The smallest absolute Gasteiger partial charge is 0.354 e. The van der Waals surface area contributed by atoms with Gasteiger partial charge in [-0.15, -0.1) is 0 Å². The van der Waals surface area contributed by atoms with Crippen molar-refractivity contribution in [2.24, 2.45) is 12.0 Å². The second-order valence-corrected chi connectivity index (χ2v) is 5.05. The fourth-order valence-corrected chi connectivity index (χ4v) is 2.39. The number of aryl methyl sites for hydroxylation is 1. The van der Waals surface area contributed by atoms with Crippen LogP contribution in [0.15, 0.2) is 48.0 Å². The van der Waals surface area contributed by atoms with E-state index in [0.717, 1.165) is 22.2 Å². The molecule has 1 aromatic carbocycles. The molecule has 1 heterocycles. The van der Waals surface area contributed by atoms with Gasteiger partial charge in [0, 0.05) is 29.2 Å². The summed E-state index contributed by atoms with van der Waals surface area (Å²) in [5.41, 5.74) is 4.01. The Morgan fingerprint density at radius 1 is 1.36 bits per heavy atom. The third-order valence-corrected chi connectivity index (χ3v) is 3.49. The number of nitrogens with zero attached hydrogens (tertiary/aromatic N) is 2. The molecule has 0 aliphatic rings. The highest BCUT2D eigenvalue weighted by Gasteiger charge is 2.14. The van der Waals surface area contributed by atoms with E-state index in [1.165, 1.54) is 7.11 Å². The van der Waals surface area contributed by atoms with E-state index >= 15 is 0 Å². The van der Waals surface area contributed by atoms with Crippen LogP contribution in [0, 0.1) is 0 Å². The Hall–Kier alpha value is -2.62. The Balaban J connectivity index is 2.45. The SMILES string of the molecule is C=C(N=C(C)/C=C\C)c1ccc2c(c1)cc(C(=O)OC)n2C. The summed E-state index contributed by atoms with van der Waals surface area (Å²) >= 11 is 0. The third-order valence-electron chi connectivity index (χ3n) is 3.49. The maximum atomic E-state index is 11.8. The van der Waals surface area contributed by atoms with Gasteiger partial charge in [-0.3, -0.25) is 4.99 Å². The first kappa shape index (κ1) is 15.8. The van der Waals surface area contributed by atoms with Gasteiger partial charge in [0.25, 0.3) is 0 Å². The van der Waals surface area contributed by atoms with Crippen LogP contribution in [0.25, 0.3) is 16.6 Å². The summed E-state index contributed by atoms with van der Waals surface area (Å²) in [4.78, 5) is 16.2. The number of aromatic nitrogens is 1.